The van der Waals surface area contributed by atoms with Gasteiger partial charge in [-0.15, -0.1) is 0 Å². The molecule has 1 fully saturated rings. The Morgan fingerprint density at radius 1 is 1.11 bits per heavy atom. The summed E-state index contributed by atoms with van der Waals surface area (Å²) in [5.41, 5.74) is 1.96. The van der Waals surface area contributed by atoms with Crippen LogP contribution in [0.4, 0.5) is 13.2 Å². The van der Waals surface area contributed by atoms with Crippen LogP contribution in [0.1, 0.15) is 56.3 Å². The molecule has 3 aromatic rings. The van der Waals surface area contributed by atoms with Crippen LogP contribution >= 0.6 is 0 Å². The van der Waals surface area contributed by atoms with E-state index < -0.39 is 23.3 Å². The third-order valence-corrected chi connectivity index (χ3v) is 8.43. The molecule has 5 rings (SSSR count). The molecule has 1 saturated heterocycles. The van der Waals surface area contributed by atoms with Gasteiger partial charge < -0.3 is 19.7 Å². The largest absolute Gasteiger partial charge is 0.492 e. The van der Waals surface area contributed by atoms with Gasteiger partial charge in [-0.05, 0) is 56.8 Å². The summed E-state index contributed by atoms with van der Waals surface area (Å²) in [5.74, 6) is -1.25. The maximum Gasteiger partial charge on any atom is 0.222 e. The van der Waals surface area contributed by atoms with Crippen molar-refractivity contribution in [1.82, 2.24) is 24.9 Å². The first-order valence-corrected chi connectivity index (χ1v) is 15.7. The highest BCUT2D eigenvalue weighted by Crippen LogP contribution is 2.43. The van der Waals surface area contributed by atoms with E-state index in [1.807, 2.05) is 48.2 Å². The highest BCUT2D eigenvalue weighted by molar-refractivity contribution is 5.76. The number of morpholine rings is 1. The smallest absolute Gasteiger partial charge is 0.222 e. The Bertz CT molecular complexity index is 1440. The van der Waals surface area contributed by atoms with Crippen LogP contribution in [-0.2, 0) is 23.0 Å². The Morgan fingerprint density at radius 3 is 2.51 bits per heavy atom. The molecule has 2 atom stereocenters. The first-order valence-electron chi connectivity index (χ1n) is 15.7. The third kappa shape index (κ3) is 8.25. The van der Waals surface area contributed by atoms with Crippen LogP contribution < -0.4 is 10.1 Å². The molecule has 2 aliphatic rings. The average molecular weight is 628 g/mol. The maximum absolute atomic E-state index is 15.9. The minimum Gasteiger partial charge on any atom is -0.492 e. The number of ether oxygens (including phenoxy) is 2. The number of hydrogen-bond acceptors (Lipinski definition) is 6. The van der Waals surface area contributed by atoms with E-state index in [0.29, 0.717) is 58.7 Å². The molecule has 1 amide bonds. The second kappa shape index (κ2) is 14.3. The van der Waals surface area contributed by atoms with Crippen molar-refractivity contribution in [3.63, 3.8) is 0 Å². The summed E-state index contributed by atoms with van der Waals surface area (Å²) in [6.07, 6.45) is 5.46. The van der Waals surface area contributed by atoms with Crippen molar-refractivity contribution < 1.29 is 27.4 Å². The zero-order valence-corrected chi connectivity index (χ0v) is 26.6. The first kappa shape index (κ1) is 33.0. The summed E-state index contributed by atoms with van der Waals surface area (Å²) >= 11 is 0. The summed E-state index contributed by atoms with van der Waals surface area (Å²) in [6.45, 7) is 8.69. The summed E-state index contributed by atoms with van der Waals surface area (Å²) < 4.78 is 59.5. The number of nitrogens with zero attached hydrogens (tertiary/aromatic N) is 4. The van der Waals surface area contributed by atoms with Crippen molar-refractivity contribution in [2.75, 3.05) is 52.5 Å². The lowest BCUT2D eigenvalue weighted by Gasteiger charge is -2.44. The monoisotopic (exact) mass is 627 g/mol. The molecular weight excluding hydrogens is 583 g/mol. The Kier molecular flexibility index (Phi) is 10.5. The van der Waals surface area contributed by atoms with Gasteiger partial charge in [-0.3, -0.25) is 14.4 Å². The summed E-state index contributed by atoms with van der Waals surface area (Å²) in [7, 11) is 1.85. The number of aryl methyl sites for hydroxylation is 1. The zero-order valence-electron chi connectivity index (χ0n) is 26.6. The first-order chi connectivity index (χ1) is 21.5. The zero-order chi connectivity index (χ0) is 32.1. The molecule has 45 heavy (non-hydrogen) atoms. The molecule has 0 saturated carbocycles. The Morgan fingerprint density at radius 2 is 1.84 bits per heavy atom. The standard InChI is InChI=1S/C34H44F3N5O3/c1-23-16-25-17-24(26-20-39-40(4)21-26)7-8-28(25)33(42(23)22-34(2,3)37)32-29(35)18-27(19-30(32)36)45-13-10-38-9-5-6-31(43)41-11-14-44-15-12-41/h7-8,17-21,23,33,38H,5-6,9-16,22H2,1-4H3/t23-,33+/m1/s1. The van der Waals surface area contributed by atoms with E-state index in [2.05, 4.69) is 10.4 Å². The minimum atomic E-state index is -1.57. The van der Waals surface area contributed by atoms with Crippen LogP contribution in [0, 0.1) is 11.6 Å². The topological polar surface area (TPSA) is 71.9 Å². The van der Waals surface area contributed by atoms with Crippen LogP contribution in [-0.4, -0.2) is 89.7 Å². The average Bonchev–Trinajstić information content (AvgIpc) is 3.43. The second-order valence-corrected chi connectivity index (χ2v) is 12.7. The maximum atomic E-state index is 15.9. The van der Waals surface area contributed by atoms with E-state index in [0.717, 1.165) is 22.3 Å². The van der Waals surface area contributed by atoms with Crippen molar-refractivity contribution in [2.24, 2.45) is 7.05 Å². The van der Waals surface area contributed by atoms with E-state index in [1.165, 1.54) is 26.0 Å². The molecule has 11 heteroatoms. The van der Waals surface area contributed by atoms with Gasteiger partial charge in [-0.1, -0.05) is 18.2 Å². The lowest BCUT2D eigenvalue weighted by atomic mass is 9.82. The predicted molar refractivity (Wildman–Crippen MR) is 167 cm³/mol. The van der Waals surface area contributed by atoms with Crippen molar-refractivity contribution in [1.29, 1.82) is 0 Å². The summed E-state index contributed by atoms with van der Waals surface area (Å²) in [6, 6.07) is 7.32. The number of rotatable bonds is 12. The molecule has 2 aliphatic heterocycles. The SMILES string of the molecule is C[C@@H]1Cc2cc(-c3cnn(C)c3)ccc2[C@@H](c2c(F)cc(OCCNCCCC(=O)N3CCOCC3)cc2F)N1CC(C)(C)F. The van der Waals surface area contributed by atoms with E-state index >= 15 is 13.2 Å². The van der Waals surface area contributed by atoms with E-state index in [4.69, 9.17) is 9.47 Å². The predicted octanol–water partition coefficient (Wildman–Crippen LogP) is 5.06. The van der Waals surface area contributed by atoms with E-state index in [1.54, 1.807) is 10.9 Å². The van der Waals surface area contributed by atoms with Crippen LogP contribution in [0.5, 0.6) is 5.75 Å². The number of carbonyl (C=O) groups is 1. The molecule has 0 bridgehead atoms. The van der Waals surface area contributed by atoms with Gasteiger partial charge in [0.05, 0.1) is 25.5 Å². The number of carbonyl (C=O) groups excluding carboxylic acids is 1. The van der Waals surface area contributed by atoms with E-state index in [-0.39, 0.29) is 36.4 Å². The van der Waals surface area contributed by atoms with Gasteiger partial charge in [0.2, 0.25) is 5.91 Å². The molecule has 0 radical (unpaired) electrons. The van der Waals surface area contributed by atoms with Crippen LogP contribution in [0.3, 0.4) is 0 Å². The molecule has 244 valence electrons. The molecule has 2 aromatic carbocycles. The number of alkyl halides is 1. The Balaban J connectivity index is 1.26. The molecular formula is C34H44F3N5O3. The van der Waals surface area contributed by atoms with Crippen molar-refractivity contribution >= 4 is 5.91 Å². The third-order valence-electron chi connectivity index (χ3n) is 8.43. The molecule has 1 N–H and O–H groups in total. The number of hydrogen-bond donors (Lipinski definition) is 1. The molecule has 0 spiro atoms. The van der Waals surface area contributed by atoms with Gasteiger partial charge in [0.15, 0.2) is 0 Å². The van der Waals surface area contributed by atoms with Crippen molar-refractivity contribution in [2.45, 2.75) is 57.8 Å². The number of benzene rings is 2. The number of nitrogens with one attached hydrogen (secondary N) is 1. The van der Waals surface area contributed by atoms with Crippen molar-refractivity contribution in [3.8, 4) is 16.9 Å². The van der Waals surface area contributed by atoms with Gasteiger partial charge in [-0.25, -0.2) is 13.2 Å². The van der Waals surface area contributed by atoms with E-state index in [9.17, 15) is 4.79 Å². The number of halogens is 3. The minimum absolute atomic E-state index is 0.0173. The highest BCUT2D eigenvalue weighted by Gasteiger charge is 2.39. The number of fused-ring (bicyclic) bond motifs is 1. The number of amides is 1. The molecule has 0 aliphatic carbocycles. The lowest BCUT2D eigenvalue weighted by molar-refractivity contribution is -0.135. The van der Waals surface area contributed by atoms with Crippen LogP contribution in [0.25, 0.3) is 11.1 Å². The fourth-order valence-electron chi connectivity index (χ4n) is 6.28. The normalized spacial score (nSPS) is 19.0. The summed E-state index contributed by atoms with van der Waals surface area (Å²) in [5, 5.41) is 7.47. The van der Waals surface area contributed by atoms with Gasteiger partial charge in [-0.2, -0.15) is 5.10 Å². The van der Waals surface area contributed by atoms with Gasteiger partial charge >= 0.3 is 0 Å². The molecule has 3 heterocycles. The molecule has 1 aromatic heterocycles. The summed E-state index contributed by atoms with van der Waals surface area (Å²) in [4.78, 5) is 15.9. The van der Waals surface area contributed by atoms with Gasteiger partial charge in [0.1, 0.15) is 29.7 Å². The van der Waals surface area contributed by atoms with Crippen LogP contribution in [0.15, 0.2) is 42.7 Å². The lowest BCUT2D eigenvalue weighted by Crippen LogP contribution is -2.48. The quantitative estimate of drug-likeness (QED) is 0.284. The second-order valence-electron chi connectivity index (χ2n) is 12.7. The van der Waals surface area contributed by atoms with Crippen LogP contribution in [0.2, 0.25) is 0 Å². The Labute approximate surface area is 263 Å². The van der Waals surface area contributed by atoms with Crippen molar-refractivity contribution in [3.05, 3.63) is 71.1 Å². The molecule has 8 nitrogen and oxygen atoms in total. The Hall–Kier alpha value is -3.41. The molecule has 0 unspecified atom stereocenters. The fourth-order valence-corrected chi connectivity index (χ4v) is 6.28. The number of aromatic nitrogens is 2. The van der Waals surface area contributed by atoms with Gasteiger partial charge in [0, 0.05) is 75.1 Å². The fraction of sp³-hybridized carbons (Fsp3) is 0.529. The van der Waals surface area contributed by atoms with Gasteiger partial charge in [0.25, 0.3) is 0 Å². The highest BCUT2D eigenvalue weighted by atomic mass is 19.1.